The number of hydrogen-bond donors (Lipinski definition) is 1. The lowest BCUT2D eigenvalue weighted by Gasteiger charge is -2.23. The van der Waals surface area contributed by atoms with Gasteiger partial charge < -0.3 is 9.84 Å². The average Bonchev–Trinajstić information content (AvgIpc) is 3.08. The average molecular weight is 264 g/mol. The van der Waals surface area contributed by atoms with Crippen LogP contribution in [0.15, 0.2) is 24.3 Å². The summed E-state index contributed by atoms with van der Waals surface area (Å²) in [6.45, 7) is 0. The van der Waals surface area contributed by atoms with Crippen LogP contribution in [-0.4, -0.2) is 28.3 Å². The Morgan fingerprint density at radius 2 is 2.06 bits per heavy atom. The van der Waals surface area contributed by atoms with E-state index >= 15 is 0 Å². The number of rotatable bonds is 4. The van der Waals surface area contributed by atoms with Crippen molar-refractivity contribution in [2.24, 2.45) is 0 Å². The Balaban J connectivity index is 1.62. The van der Waals surface area contributed by atoms with Crippen LogP contribution < -0.4 is 4.74 Å². The molecule has 0 aromatic heterocycles. The molecule has 0 amide bonds. The first-order valence-corrected chi connectivity index (χ1v) is 7.95. The molecule has 1 aromatic carbocycles. The summed E-state index contributed by atoms with van der Waals surface area (Å²) >= 11 is 2.02. The lowest BCUT2D eigenvalue weighted by molar-refractivity contribution is 0.150. The maximum absolute atomic E-state index is 9.95. The number of thioether (sulfide) groups is 1. The fourth-order valence-corrected chi connectivity index (χ4v) is 3.48. The zero-order valence-corrected chi connectivity index (χ0v) is 11.4. The van der Waals surface area contributed by atoms with Crippen molar-refractivity contribution in [2.75, 3.05) is 11.5 Å². The van der Waals surface area contributed by atoms with Crippen LogP contribution >= 0.6 is 11.8 Å². The van der Waals surface area contributed by atoms with Crippen molar-refractivity contribution in [2.45, 2.75) is 43.8 Å². The van der Waals surface area contributed by atoms with Gasteiger partial charge in [-0.05, 0) is 54.9 Å². The number of aliphatic hydroxyl groups is 1. The van der Waals surface area contributed by atoms with Crippen LogP contribution in [0.3, 0.4) is 0 Å². The highest BCUT2D eigenvalue weighted by Crippen LogP contribution is 2.38. The molecule has 0 radical (unpaired) electrons. The van der Waals surface area contributed by atoms with E-state index in [1.54, 1.807) is 0 Å². The van der Waals surface area contributed by atoms with Crippen LogP contribution in [-0.2, 0) is 6.42 Å². The molecule has 2 aliphatic rings. The fraction of sp³-hybridized carbons (Fsp3) is 0.600. The van der Waals surface area contributed by atoms with Crippen LogP contribution in [0.5, 0.6) is 5.75 Å². The fourth-order valence-electron chi connectivity index (χ4n) is 2.42. The standard InChI is InChI=1S/C15H20O2S/c16-15(6-7-15)11-12-2-1-3-14(10-12)17-13-4-8-18-9-5-13/h1-3,10,13,16H,4-9,11H2. The highest BCUT2D eigenvalue weighted by Gasteiger charge is 2.40. The van der Waals surface area contributed by atoms with Gasteiger partial charge in [0.15, 0.2) is 0 Å². The minimum Gasteiger partial charge on any atom is -0.490 e. The molecule has 1 heterocycles. The van der Waals surface area contributed by atoms with Crippen molar-refractivity contribution in [3.63, 3.8) is 0 Å². The summed E-state index contributed by atoms with van der Waals surface area (Å²) < 4.78 is 6.04. The Hall–Kier alpha value is -0.670. The molecule has 18 heavy (non-hydrogen) atoms. The Morgan fingerprint density at radius 1 is 1.28 bits per heavy atom. The Bertz CT molecular complexity index is 409. The highest BCUT2D eigenvalue weighted by molar-refractivity contribution is 7.99. The van der Waals surface area contributed by atoms with Crippen molar-refractivity contribution >= 4 is 11.8 Å². The summed E-state index contributed by atoms with van der Waals surface area (Å²) in [5.74, 6) is 3.39. The van der Waals surface area contributed by atoms with Crippen LogP contribution in [0.4, 0.5) is 0 Å². The summed E-state index contributed by atoms with van der Waals surface area (Å²) in [6.07, 6.45) is 5.34. The molecule has 1 N–H and O–H groups in total. The first kappa shape index (κ1) is 12.4. The predicted molar refractivity (Wildman–Crippen MR) is 75.3 cm³/mol. The maximum atomic E-state index is 9.95. The Morgan fingerprint density at radius 3 is 2.78 bits per heavy atom. The lowest BCUT2D eigenvalue weighted by atomic mass is 10.1. The molecule has 2 fully saturated rings. The van der Waals surface area contributed by atoms with E-state index in [-0.39, 0.29) is 0 Å². The van der Waals surface area contributed by atoms with E-state index in [1.165, 1.54) is 17.1 Å². The quantitative estimate of drug-likeness (QED) is 0.906. The van der Waals surface area contributed by atoms with Gasteiger partial charge in [-0.25, -0.2) is 0 Å². The van der Waals surface area contributed by atoms with Gasteiger partial charge in [0.25, 0.3) is 0 Å². The minimum atomic E-state index is -0.417. The third kappa shape index (κ3) is 3.21. The molecular formula is C15H20O2S. The zero-order valence-electron chi connectivity index (χ0n) is 10.6. The van der Waals surface area contributed by atoms with Crippen LogP contribution in [0, 0.1) is 0 Å². The van der Waals surface area contributed by atoms with E-state index in [9.17, 15) is 5.11 Å². The first-order valence-electron chi connectivity index (χ1n) is 6.79. The second-order valence-corrected chi connectivity index (χ2v) is 6.70. The van der Waals surface area contributed by atoms with Crippen molar-refractivity contribution in [1.82, 2.24) is 0 Å². The maximum Gasteiger partial charge on any atom is 0.119 e. The topological polar surface area (TPSA) is 29.5 Å². The molecule has 1 saturated heterocycles. The minimum absolute atomic E-state index is 0.380. The molecule has 1 aromatic rings. The SMILES string of the molecule is OC1(Cc2cccc(OC3CCSCC3)c2)CC1. The molecule has 1 aliphatic carbocycles. The van der Waals surface area contributed by atoms with Gasteiger partial charge in [0.1, 0.15) is 11.9 Å². The van der Waals surface area contributed by atoms with E-state index in [0.717, 1.165) is 37.9 Å². The van der Waals surface area contributed by atoms with Crippen molar-refractivity contribution in [3.8, 4) is 5.75 Å². The number of benzene rings is 1. The molecular weight excluding hydrogens is 244 g/mol. The van der Waals surface area contributed by atoms with Gasteiger partial charge in [-0.1, -0.05) is 12.1 Å². The number of ether oxygens (including phenoxy) is 1. The predicted octanol–water partition coefficient (Wildman–Crippen LogP) is 3.03. The largest absolute Gasteiger partial charge is 0.490 e. The van der Waals surface area contributed by atoms with Crippen LogP contribution in [0.25, 0.3) is 0 Å². The second-order valence-electron chi connectivity index (χ2n) is 5.48. The van der Waals surface area contributed by atoms with Crippen molar-refractivity contribution in [3.05, 3.63) is 29.8 Å². The van der Waals surface area contributed by atoms with E-state index in [1.807, 2.05) is 23.9 Å². The molecule has 1 saturated carbocycles. The van der Waals surface area contributed by atoms with Gasteiger partial charge in [0, 0.05) is 6.42 Å². The second kappa shape index (κ2) is 5.14. The molecule has 98 valence electrons. The first-order chi connectivity index (χ1) is 8.73. The molecule has 1 aliphatic heterocycles. The molecule has 0 spiro atoms. The summed E-state index contributed by atoms with van der Waals surface area (Å²) in [7, 11) is 0. The van der Waals surface area contributed by atoms with Crippen molar-refractivity contribution < 1.29 is 9.84 Å². The van der Waals surface area contributed by atoms with E-state index in [0.29, 0.717) is 6.10 Å². The van der Waals surface area contributed by atoms with Gasteiger partial charge >= 0.3 is 0 Å². The summed E-state index contributed by atoms with van der Waals surface area (Å²) in [6, 6.07) is 8.24. The summed E-state index contributed by atoms with van der Waals surface area (Å²) in [5, 5.41) is 9.95. The van der Waals surface area contributed by atoms with Gasteiger partial charge in [-0.2, -0.15) is 11.8 Å². The monoisotopic (exact) mass is 264 g/mol. The highest BCUT2D eigenvalue weighted by atomic mass is 32.2. The summed E-state index contributed by atoms with van der Waals surface area (Å²) in [5.41, 5.74) is 0.776. The molecule has 0 unspecified atom stereocenters. The zero-order chi connectivity index (χ0) is 12.4. The number of hydrogen-bond acceptors (Lipinski definition) is 3. The molecule has 3 rings (SSSR count). The Labute approximate surface area is 113 Å². The molecule has 0 atom stereocenters. The lowest BCUT2D eigenvalue weighted by Crippen LogP contribution is -2.22. The van der Waals surface area contributed by atoms with Gasteiger partial charge in [-0.3, -0.25) is 0 Å². The third-order valence-corrected chi connectivity index (χ3v) is 4.78. The van der Waals surface area contributed by atoms with Gasteiger partial charge in [0.2, 0.25) is 0 Å². The smallest absolute Gasteiger partial charge is 0.119 e. The van der Waals surface area contributed by atoms with Gasteiger partial charge in [-0.15, -0.1) is 0 Å². The molecule has 2 nitrogen and oxygen atoms in total. The van der Waals surface area contributed by atoms with E-state index < -0.39 is 5.60 Å². The Kier molecular flexibility index (Phi) is 3.53. The normalized spacial score (nSPS) is 22.7. The van der Waals surface area contributed by atoms with Gasteiger partial charge in [0.05, 0.1) is 5.60 Å². The van der Waals surface area contributed by atoms with E-state index in [4.69, 9.17) is 4.74 Å². The molecule has 0 bridgehead atoms. The van der Waals surface area contributed by atoms with Crippen molar-refractivity contribution in [1.29, 1.82) is 0 Å². The third-order valence-electron chi connectivity index (χ3n) is 3.73. The van der Waals surface area contributed by atoms with Crippen LogP contribution in [0.2, 0.25) is 0 Å². The summed E-state index contributed by atoms with van der Waals surface area (Å²) in [4.78, 5) is 0. The molecule has 3 heteroatoms. The van der Waals surface area contributed by atoms with Crippen LogP contribution in [0.1, 0.15) is 31.2 Å². The van der Waals surface area contributed by atoms with E-state index in [2.05, 4.69) is 12.1 Å².